The number of nitrogens with two attached hydrogens (primary N) is 1. The molecule has 0 radical (unpaired) electrons. The second kappa shape index (κ2) is 5.61. The second-order valence-corrected chi connectivity index (χ2v) is 4.68. The molecule has 1 saturated heterocycles. The lowest BCUT2D eigenvalue weighted by Gasteiger charge is -2.30. The molecule has 0 bridgehead atoms. The first-order chi connectivity index (χ1) is 7.45. The SMILES string of the molecule is COC(=O)C(C)(N)CN1CCCOC(C)C1. The number of hydrogen-bond acceptors (Lipinski definition) is 5. The lowest BCUT2D eigenvalue weighted by atomic mass is 10.0. The Morgan fingerprint density at radius 2 is 2.38 bits per heavy atom. The summed E-state index contributed by atoms with van der Waals surface area (Å²) in [6.45, 7) is 6.74. The van der Waals surface area contributed by atoms with Crippen LogP contribution < -0.4 is 5.73 Å². The van der Waals surface area contributed by atoms with Gasteiger partial charge >= 0.3 is 5.97 Å². The van der Waals surface area contributed by atoms with E-state index in [2.05, 4.69) is 4.90 Å². The number of carbonyl (C=O) groups excluding carboxylic acids is 1. The Morgan fingerprint density at radius 3 is 3.00 bits per heavy atom. The van der Waals surface area contributed by atoms with Crippen LogP contribution in [0.25, 0.3) is 0 Å². The molecule has 5 nitrogen and oxygen atoms in total. The van der Waals surface area contributed by atoms with Crippen LogP contribution in [-0.2, 0) is 14.3 Å². The third kappa shape index (κ3) is 3.73. The number of ether oxygens (including phenoxy) is 2. The lowest BCUT2D eigenvalue weighted by molar-refractivity contribution is -0.147. The summed E-state index contributed by atoms with van der Waals surface area (Å²) in [5.74, 6) is -0.370. The van der Waals surface area contributed by atoms with Gasteiger partial charge in [0, 0.05) is 26.2 Å². The highest BCUT2D eigenvalue weighted by Crippen LogP contribution is 2.10. The average Bonchev–Trinajstić information content (AvgIpc) is 2.40. The van der Waals surface area contributed by atoms with Gasteiger partial charge in [0.2, 0.25) is 0 Å². The molecule has 1 rings (SSSR count). The van der Waals surface area contributed by atoms with Gasteiger partial charge in [-0.2, -0.15) is 0 Å². The number of carbonyl (C=O) groups is 1. The third-order valence-corrected chi connectivity index (χ3v) is 2.74. The van der Waals surface area contributed by atoms with Crippen LogP contribution in [0.1, 0.15) is 20.3 Å². The molecule has 0 amide bonds. The minimum atomic E-state index is -0.946. The fourth-order valence-electron chi connectivity index (χ4n) is 1.99. The zero-order valence-electron chi connectivity index (χ0n) is 10.4. The molecule has 2 atom stereocenters. The Bertz CT molecular complexity index is 243. The molecule has 0 aromatic carbocycles. The summed E-state index contributed by atoms with van der Waals surface area (Å²) in [4.78, 5) is 13.6. The molecule has 94 valence electrons. The first-order valence-electron chi connectivity index (χ1n) is 5.67. The van der Waals surface area contributed by atoms with Crippen LogP contribution in [0.3, 0.4) is 0 Å². The number of rotatable bonds is 3. The summed E-state index contributed by atoms with van der Waals surface area (Å²) in [6, 6.07) is 0. The van der Waals surface area contributed by atoms with E-state index in [1.54, 1.807) is 6.92 Å². The Kier molecular flexibility index (Phi) is 4.70. The van der Waals surface area contributed by atoms with Crippen LogP contribution in [0.15, 0.2) is 0 Å². The zero-order chi connectivity index (χ0) is 12.2. The molecule has 1 heterocycles. The van der Waals surface area contributed by atoms with Crippen LogP contribution in [-0.4, -0.2) is 55.9 Å². The fourth-order valence-corrected chi connectivity index (χ4v) is 1.99. The van der Waals surface area contributed by atoms with Gasteiger partial charge in [0.1, 0.15) is 5.54 Å². The number of esters is 1. The minimum absolute atomic E-state index is 0.191. The van der Waals surface area contributed by atoms with Crippen LogP contribution in [0.5, 0.6) is 0 Å². The van der Waals surface area contributed by atoms with E-state index < -0.39 is 5.54 Å². The first kappa shape index (κ1) is 13.4. The van der Waals surface area contributed by atoms with Gasteiger partial charge in [-0.3, -0.25) is 9.69 Å². The van der Waals surface area contributed by atoms with E-state index in [1.807, 2.05) is 6.92 Å². The highest BCUT2D eigenvalue weighted by atomic mass is 16.5. The van der Waals surface area contributed by atoms with Crippen molar-refractivity contribution in [2.24, 2.45) is 5.73 Å². The number of nitrogens with zero attached hydrogens (tertiary/aromatic N) is 1. The topological polar surface area (TPSA) is 64.8 Å². The molecule has 1 aliphatic heterocycles. The van der Waals surface area contributed by atoms with Crippen molar-refractivity contribution in [1.29, 1.82) is 0 Å². The van der Waals surface area contributed by atoms with Gasteiger partial charge in [-0.25, -0.2) is 0 Å². The Labute approximate surface area is 96.9 Å². The average molecular weight is 230 g/mol. The van der Waals surface area contributed by atoms with Gasteiger partial charge in [0.15, 0.2) is 0 Å². The van der Waals surface area contributed by atoms with E-state index >= 15 is 0 Å². The summed E-state index contributed by atoms with van der Waals surface area (Å²) >= 11 is 0. The maximum Gasteiger partial charge on any atom is 0.326 e. The molecule has 2 unspecified atom stereocenters. The molecule has 5 heteroatoms. The van der Waals surface area contributed by atoms with Crippen molar-refractivity contribution in [1.82, 2.24) is 4.90 Å². The van der Waals surface area contributed by atoms with Crippen molar-refractivity contribution >= 4 is 5.97 Å². The molecule has 0 aromatic heterocycles. The van der Waals surface area contributed by atoms with Crippen molar-refractivity contribution in [2.45, 2.75) is 31.9 Å². The van der Waals surface area contributed by atoms with Gasteiger partial charge in [-0.05, 0) is 20.3 Å². The van der Waals surface area contributed by atoms with E-state index in [0.717, 1.165) is 26.1 Å². The van der Waals surface area contributed by atoms with E-state index in [4.69, 9.17) is 15.2 Å². The molecule has 0 aromatic rings. The minimum Gasteiger partial charge on any atom is -0.468 e. The highest BCUT2D eigenvalue weighted by molar-refractivity contribution is 5.80. The van der Waals surface area contributed by atoms with Crippen molar-refractivity contribution < 1.29 is 14.3 Å². The Morgan fingerprint density at radius 1 is 1.69 bits per heavy atom. The lowest BCUT2D eigenvalue weighted by Crippen LogP contribution is -2.55. The molecule has 1 aliphatic rings. The Balaban J connectivity index is 2.54. The van der Waals surface area contributed by atoms with Gasteiger partial charge in [-0.1, -0.05) is 0 Å². The van der Waals surface area contributed by atoms with Gasteiger partial charge in [-0.15, -0.1) is 0 Å². The standard InChI is InChI=1S/C11H22N2O3/c1-9-7-13(5-4-6-16-9)8-11(2,12)10(14)15-3/h9H,4-8,12H2,1-3H3. The van der Waals surface area contributed by atoms with Crippen LogP contribution >= 0.6 is 0 Å². The normalized spacial score (nSPS) is 26.9. The summed E-state index contributed by atoms with van der Waals surface area (Å²) in [7, 11) is 1.36. The third-order valence-electron chi connectivity index (χ3n) is 2.74. The van der Waals surface area contributed by atoms with E-state index in [0.29, 0.717) is 6.54 Å². The molecule has 0 aliphatic carbocycles. The van der Waals surface area contributed by atoms with Crippen molar-refractivity contribution in [3.63, 3.8) is 0 Å². The highest BCUT2D eigenvalue weighted by Gasteiger charge is 2.32. The van der Waals surface area contributed by atoms with Crippen molar-refractivity contribution in [3.8, 4) is 0 Å². The number of hydrogen-bond donors (Lipinski definition) is 1. The molecular formula is C11H22N2O3. The van der Waals surface area contributed by atoms with Crippen molar-refractivity contribution in [2.75, 3.05) is 33.4 Å². The van der Waals surface area contributed by atoms with Gasteiger partial charge < -0.3 is 15.2 Å². The van der Waals surface area contributed by atoms with Crippen molar-refractivity contribution in [3.05, 3.63) is 0 Å². The molecule has 0 saturated carbocycles. The molecule has 0 spiro atoms. The zero-order valence-corrected chi connectivity index (χ0v) is 10.4. The summed E-state index contributed by atoms with van der Waals surface area (Å²) in [6.07, 6.45) is 1.16. The van der Waals surface area contributed by atoms with E-state index in [9.17, 15) is 4.79 Å². The predicted molar refractivity (Wildman–Crippen MR) is 61.1 cm³/mol. The van der Waals surface area contributed by atoms with E-state index in [1.165, 1.54) is 7.11 Å². The molecular weight excluding hydrogens is 208 g/mol. The predicted octanol–water partition coefficient (Wildman–Crippen LogP) is -0.0124. The Hall–Kier alpha value is -0.650. The quantitative estimate of drug-likeness (QED) is 0.691. The number of methoxy groups -OCH3 is 1. The molecule has 16 heavy (non-hydrogen) atoms. The van der Waals surface area contributed by atoms with E-state index in [-0.39, 0.29) is 12.1 Å². The van der Waals surface area contributed by atoms with Gasteiger partial charge in [0.25, 0.3) is 0 Å². The maximum atomic E-state index is 11.5. The first-order valence-corrected chi connectivity index (χ1v) is 5.67. The molecule has 2 N–H and O–H groups in total. The largest absolute Gasteiger partial charge is 0.468 e. The summed E-state index contributed by atoms with van der Waals surface area (Å²) in [5, 5.41) is 0. The maximum absolute atomic E-state index is 11.5. The fraction of sp³-hybridized carbons (Fsp3) is 0.909. The molecule has 1 fully saturated rings. The summed E-state index contributed by atoms with van der Waals surface area (Å²) in [5.41, 5.74) is 5.00. The smallest absolute Gasteiger partial charge is 0.326 e. The van der Waals surface area contributed by atoms with Crippen LogP contribution in [0, 0.1) is 0 Å². The van der Waals surface area contributed by atoms with Crippen LogP contribution in [0.2, 0.25) is 0 Å². The van der Waals surface area contributed by atoms with Crippen LogP contribution in [0.4, 0.5) is 0 Å². The summed E-state index contributed by atoms with van der Waals surface area (Å²) < 4.78 is 10.2. The monoisotopic (exact) mass is 230 g/mol. The second-order valence-electron chi connectivity index (χ2n) is 4.68. The van der Waals surface area contributed by atoms with Gasteiger partial charge in [0.05, 0.1) is 13.2 Å².